The Morgan fingerprint density at radius 2 is 1.61 bits per heavy atom. The maximum atomic E-state index is 12.4. The second kappa shape index (κ2) is 5.00. The number of hydrogen-bond acceptors (Lipinski definition) is 1. The predicted octanol–water partition coefficient (Wildman–Crippen LogP) is 3.54. The van der Waals surface area contributed by atoms with Gasteiger partial charge in [-0.3, -0.25) is 4.79 Å². The van der Waals surface area contributed by atoms with Crippen molar-refractivity contribution < 1.29 is 18.0 Å². The first kappa shape index (κ1) is 14.5. The number of hydrogen-bond donors (Lipinski definition) is 1. The molecule has 1 N–H and O–H groups in total. The summed E-state index contributed by atoms with van der Waals surface area (Å²) in [5.41, 5.74) is -0.312. The molecule has 1 aromatic carbocycles. The van der Waals surface area contributed by atoms with Crippen molar-refractivity contribution in [3.8, 4) is 0 Å². The normalized spacial score (nSPS) is 14.1. The lowest BCUT2D eigenvalue weighted by Gasteiger charge is -2.30. The molecule has 18 heavy (non-hydrogen) atoms. The quantitative estimate of drug-likeness (QED) is 0.826. The molecule has 100 valence electrons. The minimum atomic E-state index is -4.34. The number of alkyl halides is 3. The SMILES string of the molecule is CC(C)(C)[C@@H](NC=O)c1ccc(C(F)(F)F)cc1. The Morgan fingerprint density at radius 3 is 1.94 bits per heavy atom. The number of benzene rings is 1. The van der Waals surface area contributed by atoms with Gasteiger partial charge >= 0.3 is 6.18 Å². The molecule has 1 rings (SSSR count). The third-order valence-electron chi connectivity index (χ3n) is 2.67. The van der Waals surface area contributed by atoms with Crippen LogP contribution >= 0.6 is 0 Å². The highest BCUT2D eigenvalue weighted by atomic mass is 19.4. The summed E-state index contributed by atoms with van der Waals surface area (Å²) in [7, 11) is 0. The molecule has 0 saturated carbocycles. The van der Waals surface area contributed by atoms with Crippen LogP contribution in [0, 0.1) is 5.41 Å². The van der Waals surface area contributed by atoms with Crippen molar-refractivity contribution in [2.24, 2.45) is 5.41 Å². The summed E-state index contributed by atoms with van der Waals surface area (Å²) in [5.74, 6) is 0. The molecule has 0 saturated heterocycles. The van der Waals surface area contributed by atoms with Gasteiger partial charge in [-0.15, -0.1) is 0 Å². The van der Waals surface area contributed by atoms with Gasteiger partial charge < -0.3 is 5.32 Å². The number of amides is 1. The Balaban J connectivity index is 3.05. The molecule has 1 aromatic rings. The van der Waals surface area contributed by atoms with E-state index in [0.717, 1.165) is 12.1 Å². The van der Waals surface area contributed by atoms with Gasteiger partial charge in [0.15, 0.2) is 0 Å². The molecule has 0 bridgehead atoms. The Hall–Kier alpha value is -1.52. The Kier molecular flexibility index (Phi) is 4.04. The van der Waals surface area contributed by atoms with E-state index in [1.54, 1.807) is 0 Å². The molecule has 0 radical (unpaired) electrons. The van der Waals surface area contributed by atoms with E-state index in [1.165, 1.54) is 12.1 Å². The van der Waals surface area contributed by atoms with Gasteiger partial charge in [-0.25, -0.2) is 0 Å². The van der Waals surface area contributed by atoms with Crippen molar-refractivity contribution in [2.45, 2.75) is 33.0 Å². The van der Waals surface area contributed by atoms with Gasteiger partial charge in [0.25, 0.3) is 0 Å². The highest BCUT2D eigenvalue weighted by Crippen LogP contribution is 2.34. The Labute approximate surface area is 104 Å². The second-order valence-corrected chi connectivity index (χ2v) is 5.20. The molecule has 0 aliphatic rings. The van der Waals surface area contributed by atoms with Crippen LogP contribution in [0.5, 0.6) is 0 Å². The smallest absolute Gasteiger partial charge is 0.351 e. The van der Waals surface area contributed by atoms with Crippen LogP contribution < -0.4 is 5.32 Å². The van der Waals surface area contributed by atoms with E-state index >= 15 is 0 Å². The van der Waals surface area contributed by atoms with Crippen molar-refractivity contribution in [3.05, 3.63) is 35.4 Å². The fraction of sp³-hybridized carbons (Fsp3) is 0.462. The molecule has 0 unspecified atom stereocenters. The summed E-state index contributed by atoms with van der Waals surface area (Å²) in [6.07, 6.45) is -3.78. The van der Waals surface area contributed by atoms with Crippen LogP contribution in [0.1, 0.15) is 37.9 Å². The lowest BCUT2D eigenvalue weighted by molar-refractivity contribution is -0.137. The molecule has 0 aromatic heterocycles. The zero-order chi connectivity index (χ0) is 14.0. The third kappa shape index (κ3) is 3.48. The molecular weight excluding hydrogens is 243 g/mol. The van der Waals surface area contributed by atoms with E-state index in [0.29, 0.717) is 12.0 Å². The van der Waals surface area contributed by atoms with Crippen molar-refractivity contribution >= 4 is 6.41 Å². The monoisotopic (exact) mass is 259 g/mol. The molecule has 0 heterocycles. The summed E-state index contributed by atoms with van der Waals surface area (Å²) in [6, 6.07) is 4.53. The van der Waals surface area contributed by atoms with Crippen LogP contribution in [0.4, 0.5) is 13.2 Å². The summed E-state index contributed by atoms with van der Waals surface area (Å²) < 4.78 is 37.3. The van der Waals surface area contributed by atoms with Crippen LogP contribution in [0.25, 0.3) is 0 Å². The minimum absolute atomic E-state index is 0.277. The van der Waals surface area contributed by atoms with Gasteiger partial charge in [0, 0.05) is 0 Å². The summed E-state index contributed by atoms with van der Waals surface area (Å²) in [4.78, 5) is 10.6. The van der Waals surface area contributed by atoms with Crippen molar-refractivity contribution in [3.63, 3.8) is 0 Å². The van der Waals surface area contributed by atoms with Gasteiger partial charge in [-0.1, -0.05) is 32.9 Å². The van der Waals surface area contributed by atoms with Crippen LogP contribution in [0.2, 0.25) is 0 Å². The van der Waals surface area contributed by atoms with E-state index in [9.17, 15) is 18.0 Å². The van der Waals surface area contributed by atoms with E-state index in [1.807, 2.05) is 20.8 Å². The van der Waals surface area contributed by atoms with E-state index in [-0.39, 0.29) is 11.5 Å². The van der Waals surface area contributed by atoms with Crippen LogP contribution in [-0.2, 0) is 11.0 Å². The molecule has 0 spiro atoms. The highest BCUT2D eigenvalue weighted by Gasteiger charge is 2.31. The van der Waals surface area contributed by atoms with Crippen molar-refractivity contribution in [2.75, 3.05) is 0 Å². The average Bonchev–Trinajstić information content (AvgIpc) is 2.23. The second-order valence-electron chi connectivity index (χ2n) is 5.20. The van der Waals surface area contributed by atoms with Gasteiger partial charge in [0.1, 0.15) is 0 Å². The molecular formula is C13H16F3NO. The number of nitrogens with one attached hydrogen (secondary N) is 1. The Morgan fingerprint density at radius 1 is 1.11 bits per heavy atom. The molecule has 0 aliphatic heterocycles. The molecule has 1 amide bonds. The largest absolute Gasteiger partial charge is 0.416 e. The number of carbonyl (C=O) groups is 1. The highest BCUT2D eigenvalue weighted by molar-refractivity contribution is 5.48. The first-order chi connectivity index (χ1) is 8.16. The number of carbonyl (C=O) groups excluding carboxylic acids is 1. The van der Waals surface area contributed by atoms with E-state index in [2.05, 4.69) is 5.32 Å². The minimum Gasteiger partial charge on any atom is -0.351 e. The van der Waals surface area contributed by atoms with Crippen LogP contribution in [0.15, 0.2) is 24.3 Å². The molecule has 1 atom stereocenters. The maximum Gasteiger partial charge on any atom is 0.416 e. The average molecular weight is 259 g/mol. The van der Waals surface area contributed by atoms with Crippen molar-refractivity contribution in [1.29, 1.82) is 0 Å². The van der Waals surface area contributed by atoms with Gasteiger partial charge in [0.2, 0.25) is 6.41 Å². The zero-order valence-corrected chi connectivity index (χ0v) is 10.5. The van der Waals surface area contributed by atoms with Crippen molar-refractivity contribution in [1.82, 2.24) is 5.32 Å². The van der Waals surface area contributed by atoms with Gasteiger partial charge in [-0.05, 0) is 23.1 Å². The number of rotatable bonds is 3. The molecule has 5 heteroatoms. The predicted molar refractivity (Wildman–Crippen MR) is 62.8 cm³/mol. The van der Waals surface area contributed by atoms with E-state index in [4.69, 9.17) is 0 Å². The third-order valence-corrected chi connectivity index (χ3v) is 2.67. The van der Waals surface area contributed by atoms with Crippen LogP contribution in [-0.4, -0.2) is 6.41 Å². The molecule has 0 aliphatic carbocycles. The Bertz CT molecular complexity index is 404. The van der Waals surface area contributed by atoms with E-state index < -0.39 is 11.7 Å². The lowest BCUT2D eigenvalue weighted by Crippen LogP contribution is -2.31. The first-order valence-electron chi connectivity index (χ1n) is 5.53. The molecule has 2 nitrogen and oxygen atoms in total. The number of halogens is 3. The van der Waals surface area contributed by atoms with Crippen LogP contribution in [0.3, 0.4) is 0 Å². The zero-order valence-electron chi connectivity index (χ0n) is 10.5. The molecule has 0 fully saturated rings. The van der Waals surface area contributed by atoms with Gasteiger partial charge in [0.05, 0.1) is 11.6 Å². The summed E-state index contributed by atoms with van der Waals surface area (Å²) >= 11 is 0. The maximum absolute atomic E-state index is 12.4. The standard InChI is InChI=1S/C13H16F3NO/c1-12(2,3)11(17-8-18)9-4-6-10(7-5-9)13(14,15)16/h4-8,11H,1-3H3,(H,17,18)/t11-/m0/s1. The topological polar surface area (TPSA) is 29.1 Å². The first-order valence-corrected chi connectivity index (χ1v) is 5.53. The fourth-order valence-electron chi connectivity index (χ4n) is 1.78. The lowest BCUT2D eigenvalue weighted by atomic mass is 9.82. The summed E-state index contributed by atoms with van der Waals surface area (Å²) in [5, 5.41) is 2.64. The summed E-state index contributed by atoms with van der Waals surface area (Å²) in [6.45, 7) is 5.73. The van der Waals surface area contributed by atoms with Gasteiger partial charge in [-0.2, -0.15) is 13.2 Å². The fourth-order valence-corrected chi connectivity index (χ4v) is 1.78.